The molecule has 590 valence electrons. The first-order chi connectivity index (χ1) is 49.2. The van der Waals surface area contributed by atoms with E-state index < -0.39 is 203 Å². The molecule has 30 heteroatoms. The van der Waals surface area contributed by atoms with E-state index in [1.165, 1.54) is 31.7 Å². The summed E-state index contributed by atoms with van der Waals surface area (Å²) >= 11 is 0. The zero-order chi connectivity index (χ0) is 79.4. The number of hydrogen-bond donors (Lipinski definition) is 14. The Labute approximate surface area is 620 Å². The Morgan fingerprint density at radius 2 is 1.15 bits per heavy atom. The average Bonchev–Trinajstić information content (AvgIpc) is 1.79. The second kappa shape index (κ2) is 43.8. The maximum absolute atomic E-state index is 15.0. The van der Waals surface area contributed by atoms with Crippen LogP contribution in [0.3, 0.4) is 0 Å². The fraction of sp³-hybridized carbons (Fsp3) is 0.707. The quantitative estimate of drug-likeness (QED) is 0.0353. The topological polar surface area (TPSA) is 442 Å². The Balaban J connectivity index is 2.00. The van der Waals surface area contributed by atoms with Crippen LogP contribution in [0.2, 0.25) is 0 Å². The van der Waals surface area contributed by atoms with Gasteiger partial charge in [-0.15, -0.1) is 0 Å². The SMILES string of the molecule is CC=C1NC(=O)[C@H](Cc2ccccc2)NC(=O)[C@@H](C(C)C)NC(=O)[C@@H]([C@H](C)CC)NC(=O)[C@H](NC(=O)[C@H](NC(=O)[C@H](CCCN)NC(=O)[C@H]2CCCN2C(=O)[C@H](NC(=O)[C@@H](NC(=O)[C@@H](NC(=O)[C@H](NC(=O)CCCC(C)C)C(C)C)[C@@H](C)O)C(C)C)C(C)C)[C@H](C)CC)[C@@H](C)OC(=O)[C@H](C(C)C)NC1=O. The largest absolute Gasteiger partial charge is 0.458 e. The van der Waals surface area contributed by atoms with Crippen LogP contribution in [0.25, 0.3) is 0 Å². The van der Waals surface area contributed by atoms with E-state index in [2.05, 4.69) is 63.8 Å². The van der Waals surface area contributed by atoms with Gasteiger partial charge in [-0.2, -0.15) is 0 Å². The van der Waals surface area contributed by atoms with Crippen molar-refractivity contribution in [3.05, 3.63) is 47.7 Å². The number of hydrogen-bond acceptors (Lipinski definition) is 17. The molecule has 0 aliphatic carbocycles. The molecule has 0 bridgehead atoms. The predicted octanol–water partition coefficient (Wildman–Crippen LogP) is 1.84. The van der Waals surface area contributed by atoms with E-state index in [-0.39, 0.29) is 63.2 Å². The molecule has 13 amide bonds. The van der Waals surface area contributed by atoms with Crippen molar-refractivity contribution in [2.75, 3.05) is 13.1 Å². The molecule has 1 aromatic rings. The van der Waals surface area contributed by atoms with E-state index in [1.807, 2.05) is 13.8 Å². The lowest BCUT2D eigenvalue weighted by Crippen LogP contribution is -2.64. The van der Waals surface area contributed by atoms with E-state index in [0.29, 0.717) is 30.7 Å². The lowest BCUT2D eigenvalue weighted by Gasteiger charge is -2.33. The molecule has 1 aromatic carbocycles. The molecule has 2 aliphatic heterocycles. The van der Waals surface area contributed by atoms with Crippen molar-refractivity contribution in [3.63, 3.8) is 0 Å². The van der Waals surface area contributed by atoms with E-state index in [1.54, 1.807) is 127 Å². The Bertz CT molecular complexity index is 3160. The number of aliphatic hydroxyl groups is 1. The van der Waals surface area contributed by atoms with Crippen LogP contribution in [-0.2, 0) is 78.3 Å². The van der Waals surface area contributed by atoms with Gasteiger partial charge in [0.15, 0.2) is 0 Å². The number of nitrogens with two attached hydrogens (primary N) is 1. The summed E-state index contributed by atoms with van der Waals surface area (Å²) in [4.78, 5) is 202. The average molecular weight is 1480 g/mol. The summed E-state index contributed by atoms with van der Waals surface area (Å²) in [5.74, 6) is -15.1. The van der Waals surface area contributed by atoms with Crippen molar-refractivity contribution in [1.82, 2.24) is 68.7 Å². The van der Waals surface area contributed by atoms with Crippen molar-refractivity contribution in [2.45, 2.75) is 280 Å². The molecule has 0 spiro atoms. The fourth-order valence-corrected chi connectivity index (χ4v) is 12.1. The van der Waals surface area contributed by atoms with Crippen LogP contribution in [0, 0.1) is 47.3 Å². The number of amides is 13. The highest BCUT2D eigenvalue weighted by Gasteiger charge is 2.44. The van der Waals surface area contributed by atoms with Crippen molar-refractivity contribution >= 4 is 82.8 Å². The summed E-state index contributed by atoms with van der Waals surface area (Å²) in [6.45, 7) is 31.8. The molecule has 16 atom stereocenters. The number of benzene rings is 1. The van der Waals surface area contributed by atoms with Gasteiger partial charge in [-0.25, -0.2) is 4.79 Å². The second-order valence-electron chi connectivity index (χ2n) is 30.2. The third-order valence-corrected chi connectivity index (χ3v) is 19.3. The Kier molecular flexibility index (Phi) is 37.8. The van der Waals surface area contributed by atoms with Gasteiger partial charge in [-0.3, -0.25) is 62.3 Å². The first-order valence-electron chi connectivity index (χ1n) is 37.5. The van der Waals surface area contributed by atoms with Crippen LogP contribution in [-0.4, -0.2) is 191 Å². The van der Waals surface area contributed by atoms with Crippen LogP contribution in [0.1, 0.15) is 195 Å². The zero-order valence-electron chi connectivity index (χ0n) is 65.2. The smallest absolute Gasteiger partial charge is 0.329 e. The van der Waals surface area contributed by atoms with Crippen LogP contribution >= 0.6 is 0 Å². The summed E-state index contributed by atoms with van der Waals surface area (Å²) in [5.41, 5.74) is 6.34. The lowest BCUT2D eigenvalue weighted by atomic mass is 9.95. The molecule has 2 heterocycles. The number of carbonyl (C=O) groups excluding carboxylic acids is 14. The van der Waals surface area contributed by atoms with E-state index in [9.17, 15) is 62.6 Å². The Morgan fingerprint density at radius 3 is 1.69 bits per heavy atom. The van der Waals surface area contributed by atoms with Gasteiger partial charge < -0.3 is 84.3 Å². The van der Waals surface area contributed by atoms with Crippen LogP contribution in [0.5, 0.6) is 0 Å². The molecule has 0 saturated carbocycles. The third-order valence-electron chi connectivity index (χ3n) is 19.3. The van der Waals surface area contributed by atoms with Crippen LogP contribution < -0.4 is 69.5 Å². The molecule has 0 aromatic heterocycles. The minimum absolute atomic E-state index is 0.0355. The molecule has 2 aliphatic rings. The normalized spacial score (nSPS) is 22.6. The second-order valence-corrected chi connectivity index (χ2v) is 30.2. The molecular formula is C75H124N14O16. The molecule has 3 rings (SSSR count). The van der Waals surface area contributed by atoms with E-state index in [0.717, 1.165) is 6.42 Å². The van der Waals surface area contributed by atoms with Crippen molar-refractivity contribution in [2.24, 2.45) is 53.1 Å². The van der Waals surface area contributed by atoms with Gasteiger partial charge in [-0.05, 0) is 112 Å². The molecule has 2 fully saturated rings. The number of aliphatic hydroxyl groups excluding tert-OH is 1. The summed E-state index contributed by atoms with van der Waals surface area (Å²) in [5, 5.41) is 43.2. The highest BCUT2D eigenvalue weighted by Crippen LogP contribution is 2.23. The van der Waals surface area contributed by atoms with Crippen LogP contribution in [0.4, 0.5) is 0 Å². The summed E-state index contributed by atoms with van der Waals surface area (Å²) in [6.07, 6.45) is 1.02. The van der Waals surface area contributed by atoms with Crippen LogP contribution in [0.15, 0.2) is 42.1 Å². The standard InChI is InChI=1S/C75H124N14O16/c1-20-44(16)59(71(100)88-62-47(19)105-75(104)58(43(14)15)84-63(92)49(22-3)77-65(94)51(37-48-30-24-23-25-31-48)79-67(96)55(40(8)9)81-70(99)60(45(17)21-2)86-73(62)102)85-64(93)50(32-27-35-76)78-66(95)52-33-28-36-89(52)74(103)57(42(12)13)83-69(98)56(41(10)11)82-72(101)61(46(18)90)87-68(97)54(39(6)7)80-53(91)34-26-29-38(4)5/h22-25,30-31,38-47,50-52,54-62,90H,20-21,26-29,32-37,76H2,1-19H3,(H,77,94)(H,78,95)(H,79,96)(H,80,91)(H,81,99)(H,82,101)(H,83,98)(H,84,92)(H,85,93)(H,86,102)(H,87,97)(H,88,100)/t44-,45-,46-,47-,50+,51+,52-,54-,55-,56+,57-,58+,59-,60-,61+,62-/m1/s1. The fourth-order valence-electron chi connectivity index (χ4n) is 12.1. The van der Waals surface area contributed by atoms with Crippen molar-refractivity contribution in [1.29, 1.82) is 0 Å². The summed E-state index contributed by atoms with van der Waals surface area (Å²) < 4.78 is 5.96. The number of nitrogens with one attached hydrogen (secondary N) is 12. The zero-order valence-corrected chi connectivity index (χ0v) is 65.2. The monoisotopic (exact) mass is 1480 g/mol. The van der Waals surface area contributed by atoms with Gasteiger partial charge in [0.25, 0.3) is 5.91 Å². The number of ether oxygens (including phenoxy) is 1. The van der Waals surface area contributed by atoms with Gasteiger partial charge >= 0.3 is 5.97 Å². The highest BCUT2D eigenvalue weighted by molar-refractivity contribution is 6.03. The minimum Gasteiger partial charge on any atom is -0.458 e. The summed E-state index contributed by atoms with van der Waals surface area (Å²) in [6, 6.07) is -7.67. The first kappa shape index (κ1) is 90.7. The van der Waals surface area contributed by atoms with Gasteiger partial charge in [0.1, 0.15) is 84.3 Å². The molecule has 2 saturated heterocycles. The van der Waals surface area contributed by atoms with Gasteiger partial charge in [0, 0.05) is 19.4 Å². The number of cyclic esters (lactones) is 1. The van der Waals surface area contributed by atoms with Crippen molar-refractivity contribution < 1.29 is 77.0 Å². The molecule has 0 radical (unpaired) electrons. The minimum atomic E-state index is -1.83. The van der Waals surface area contributed by atoms with E-state index in [4.69, 9.17) is 10.5 Å². The number of likely N-dealkylation sites (tertiary alicyclic amines) is 1. The maximum Gasteiger partial charge on any atom is 0.329 e. The first-order valence-corrected chi connectivity index (χ1v) is 37.5. The number of carbonyl (C=O) groups is 14. The number of esters is 1. The summed E-state index contributed by atoms with van der Waals surface area (Å²) in [7, 11) is 0. The van der Waals surface area contributed by atoms with Gasteiger partial charge in [-0.1, -0.05) is 166 Å². The van der Waals surface area contributed by atoms with Gasteiger partial charge in [0.2, 0.25) is 70.9 Å². The highest BCUT2D eigenvalue weighted by atomic mass is 16.5. The molecule has 30 nitrogen and oxygen atoms in total. The molecule has 105 heavy (non-hydrogen) atoms. The Hall–Kier alpha value is -8.54. The molecule has 0 unspecified atom stereocenters. The number of nitrogens with zero attached hydrogens (tertiary/aromatic N) is 1. The lowest BCUT2D eigenvalue weighted by molar-refractivity contribution is -0.157. The van der Waals surface area contributed by atoms with Crippen molar-refractivity contribution in [3.8, 4) is 0 Å². The van der Waals surface area contributed by atoms with Gasteiger partial charge in [0.05, 0.1) is 6.10 Å². The molecule has 15 N–H and O–H groups in total. The Morgan fingerprint density at radius 1 is 0.610 bits per heavy atom. The number of allylic oxidation sites excluding steroid dienone is 1. The van der Waals surface area contributed by atoms with E-state index >= 15 is 9.59 Å². The molecular weight excluding hydrogens is 1350 g/mol. The predicted molar refractivity (Wildman–Crippen MR) is 395 cm³/mol. The number of rotatable bonds is 33. The maximum atomic E-state index is 15.0. The third kappa shape index (κ3) is 27.7.